The van der Waals surface area contributed by atoms with Crippen LogP contribution in [0.4, 0.5) is 0 Å². The standard InChI is InChI=1S/C14H16N2O3S/c15-9-11-3-1-2-4-13(11)19-10-14(17)16-12-5-7-20(18)8-6-12/h1-4,12H,5-8,10H2,(H,16,17). The molecule has 1 aromatic rings. The molecule has 6 heteroatoms. The minimum atomic E-state index is -0.732. The van der Waals surface area contributed by atoms with Crippen LogP contribution in [0.1, 0.15) is 18.4 Å². The molecule has 20 heavy (non-hydrogen) atoms. The Labute approximate surface area is 120 Å². The first kappa shape index (κ1) is 14.5. The second-order valence-electron chi connectivity index (χ2n) is 4.59. The van der Waals surface area contributed by atoms with Crippen LogP contribution in [-0.2, 0) is 15.6 Å². The first-order chi connectivity index (χ1) is 9.69. The predicted octanol–water partition coefficient (Wildman–Crippen LogP) is 0.964. The average molecular weight is 292 g/mol. The van der Waals surface area contributed by atoms with E-state index in [0.29, 0.717) is 22.8 Å². The molecular formula is C14H16N2O3S. The summed E-state index contributed by atoms with van der Waals surface area (Å²) >= 11 is 0. The van der Waals surface area contributed by atoms with Gasteiger partial charge < -0.3 is 10.1 Å². The second-order valence-corrected chi connectivity index (χ2v) is 6.28. The van der Waals surface area contributed by atoms with E-state index >= 15 is 0 Å². The normalized spacial score (nSPS) is 21.8. The second kappa shape index (κ2) is 7.06. The van der Waals surface area contributed by atoms with Crippen LogP contribution in [0.25, 0.3) is 0 Å². The lowest BCUT2D eigenvalue weighted by molar-refractivity contribution is -0.123. The van der Waals surface area contributed by atoms with Crippen LogP contribution in [0.5, 0.6) is 5.75 Å². The van der Waals surface area contributed by atoms with Crippen LogP contribution in [0.2, 0.25) is 0 Å². The van der Waals surface area contributed by atoms with Crippen molar-refractivity contribution < 1.29 is 13.7 Å². The molecule has 0 bridgehead atoms. The van der Waals surface area contributed by atoms with Crippen LogP contribution < -0.4 is 10.1 Å². The summed E-state index contributed by atoms with van der Waals surface area (Å²) < 4.78 is 16.6. The van der Waals surface area contributed by atoms with Gasteiger partial charge >= 0.3 is 0 Å². The maximum Gasteiger partial charge on any atom is 0.258 e. The molecule has 2 rings (SSSR count). The van der Waals surface area contributed by atoms with Gasteiger partial charge in [-0.1, -0.05) is 12.1 Å². The van der Waals surface area contributed by atoms with Crippen LogP contribution in [0.15, 0.2) is 24.3 Å². The van der Waals surface area contributed by atoms with Crippen molar-refractivity contribution in [1.29, 1.82) is 5.26 Å². The summed E-state index contributed by atoms with van der Waals surface area (Å²) in [5.74, 6) is 1.48. The zero-order valence-corrected chi connectivity index (χ0v) is 11.8. The fraction of sp³-hybridized carbons (Fsp3) is 0.429. The maximum atomic E-state index is 11.8. The number of hydrogen-bond acceptors (Lipinski definition) is 4. The highest BCUT2D eigenvalue weighted by Gasteiger charge is 2.19. The number of rotatable bonds is 4. The molecule has 0 atom stereocenters. The van der Waals surface area contributed by atoms with Gasteiger partial charge in [0.15, 0.2) is 6.61 Å². The number of carbonyl (C=O) groups excluding carboxylic acids is 1. The molecule has 1 saturated heterocycles. The molecule has 0 aromatic heterocycles. The number of nitrogens with zero attached hydrogens (tertiary/aromatic N) is 1. The van der Waals surface area contributed by atoms with Gasteiger partial charge in [0.05, 0.1) is 5.56 Å². The highest BCUT2D eigenvalue weighted by Crippen LogP contribution is 2.16. The predicted molar refractivity (Wildman–Crippen MR) is 75.7 cm³/mol. The number of benzene rings is 1. The highest BCUT2D eigenvalue weighted by molar-refractivity contribution is 7.85. The Hall–Kier alpha value is -1.87. The third kappa shape index (κ3) is 4.07. The van der Waals surface area contributed by atoms with Gasteiger partial charge in [0, 0.05) is 28.3 Å². The lowest BCUT2D eigenvalue weighted by Crippen LogP contribution is -2.41. The molecule has 0 unspecified atom stereocenters. The lowest BCUT2D eigenvalue weighted by atomic mass is 10.1. The van der Waals surface area contributed by atoms with E-state index in [0.717, 1.165) is 12.8 Å². The summed E-state index contributed by atoms with van der Waals surface area (Å²) in [5, 5.41) is 11.8. The Morgan fingerprint density at radius 1 is 1.40 bits per heavy atom. The molecule has 1 heterocycles. The van der Waals surface area contributed by atoms with Crippen molar-refractivity contribution in [2.24, 2.45) is 0 Å². The van der Waals surface area contributed by atoms with E-state index in [1.165, 1.54) is 0 Å². The average Bonchev–Trinajstić information content (AvgIpc) is 2.48. The molecule has 1 aliphatic heterocycles. The highest BCUT2D eigenvalue weighted by atomic mass is 32.2. The number of para-hydroxylation sites is 1. The quantitative estimate of drug-likeness (QED) is 0.896. The summed E-state index contributed by atoms with van der Waals surface area (Å²) in [6.45, 7) is -0.113. The number of nitrogens with one attached hydrogen (secondary N) is 1. The van der Waals surface area contributed by atoms with Gasteiger partial charge in [0.2, 0.25) is 0 Å². The van der Waals surface area contributed by atoms with E-state index in [1.54, 1.807) is 24.3 Å². The van der Waals surface area contributed by atoms with Crippen LogP contribution in [-0.4, -0.2) is 34.3 Å². The van der Waals surface area contributed by atoms with Crippen molar-refractivity contribution >= 4 is 16.7 Å². The minimum Gasteiger partial charge on any atom is -0.482 e. The molecular weight excluding hydrogens is 276 g/mol. The van der Waals surface area contributed by atoms with Gasteiger partial charge in [-0.05, 0) is 25.0 Å². The van der Waals surface area contributed by atoms with E-state index in [1.807, 2.05) is 6.07 Å². The molecule has 0 radical (unpaired) electrons. The summed E-state index contributed by atoms with van der Waals surface area (Å²) in [4.78, 5) is 11.8. The molecule has 1 N–H and O–H groups in total. The Bertz CT molecular complexity index is 544. The topological polar surface area (TPSA) is 79.2 Å². The summed E-state index contributed by atoms with van der Waals surface area (Å²) in [6.07, 6.45) is 1.49. The fourth-order valence-corrected chi connectivity index (χ4v) is 3.33. The van der Waals surface area contributed by atoms with E-state index in [-0.39, 0.29) is 18.6 Å². The van der Waals surface area contributed by atoms with Crippen molar-refractivity contribution in [3.8, 4) is 11.8 Å². The van der Waals surface area contributed by atoms with Crippen molar-refractivity contribution in [3.63, 3.8) is 0 Å². The maximum absolute atomic E-state index is 11.8. The Balaban J connectivity index is 1.80. The number of ether oxygens (including phenoxy) is 1. The molecule has 106 valence electrons. The van der Waals surface area contributed by atoms with E-state index in [2.05, 4.69) is 5.32 Å². The van der Waals surface area contributed by atoms with Gasteiger partial charge in [-0.25, -0.2) is 0 Å². The number of amides is 1. The van der Waals surface area contributed by atoms with Crippen molar-refractivity contribution in [3.05, 3.63) is 29.8 Å². The van der Waals surface area contributed by atoms with E-state index in [4.69, 9.17) is 10.00 Å². The zero-order chi connectivity index (χ0) is 14.4. The largest absolute Gasteiger partial charge is 0.482 e. The van der Waals surface area contributed by atoms with Crippen LogP contribution in [0, 0.1) is 11.3 Å². The van der Waals surface area contributed by atoms with Gasteiger partial charge in [-0.2, -0.15) is 5.26 Å². The molecule has 0 aliphatic carbocycles. The molecule has 1 aliphatic rings. The number of hydrogen-bond donors (Lipinski definition) is 1. The Morgan fingerprint density at radius 3 is 2.80 bits per heavy atom. The van der Waals surface area contributed by atoms with E-state index in [9.17, 15) is 9.00 Å². The minimum absolute atomic E-state index is 0.0787. The first-order valence-electron chi connectivity index (χ1n) is 6.45. The molecule has 1 aromatic carbocycles. The third-order valence-electron chi connectivity index (χ3n) is 3.12. The molecule has 0 saturated carbocycles. The molecule has 1 amide bonds. The number of nitriles is 1. The number of carbonyl (C=O) groups is 1. The Morgan fingerprint density at radius 2 is 2.10 bits per heavy atom. The van der Waals surface area contributed by atoms with Crippen molar-refractivity contribution in [1.82, 2.24) is 5.32 Å². The van der Waals surface area contributed by atoms with Gasteiger partial charge in [-0.3, -0.25) is 9.00 Å². The molecule has 1 fully saturated rings. The molecule has 5 nitrogen and oxygen atoms in total. The van der Waals surface area contributed by atoms with Gasteiger partial charge in [-0.15, -0.1) is 0 Å². The van der Waals surface area contributed by atoms with Crippen LogP contribution in [0.3, 0.4) is 0 Å². The van der Waals surface area contributed by atoms with Crippen molar-refractivity contribution in [2.45, 2.75) is 18.9 Å². The van der Waals surface area contributed by atoms with Crippen LogP contribution >= 0.6 is 0 Å². The van der Waals surface area contributed by atoms with Gasteiger partial charge in [0.25, 0.3) is 5.91 Å². The third-order valence-corrected chi connectivity index (χ3v) is 4.50. The Kier molecular flexibility index (Phi) is 5.13. The summed E-state index contributed by atoms with van der Waals surface area (Å²) in [6, 6.07) is 8.90. The smallest absolute Gasteiger partial charge is 0.258 e. The monoisotopic (exact) mass is 292 g/mol. The zero-order valence-electron chi connectivity index (χ0n) is 11.0. The summed E-state index contributed by atoms with van der Waals surface area (Å²) in [5.41, 5.74) is 0.411. The summed E-state index contributed by atoms with van der Waals surface area (Å²) in [7, 11) is -0.732. The lowest BCUT2D eigenvalue weighted by Gasteiger charge is -2.22. The molecule has 0 spiro atoms. The SMILES string of the molecule is N#Cc1ccccc1OCC(=O)NC1CCS(=O)CC1. The fourth-order valence-electron chi connectivity index (χ4n) is 2.04. The van der Waals surface area contributed by atoms with Gasteiger partial charge in [0.1, 0.15) is 11.8 Å². The first-order valence-corrected chi connectivity index (χ1v) is 7.94. The van der Waals surface area contributed by atoms with E-state index < -0.39 is 10.8 Å². The van der Waals surface area contributed by atoms with Crippen molar-refractivity contribution in [2.75, 3.05) is 18.1 Å².